The second-order valence-electron chi connectivity index (χ2n) is 4.13. The summed E-state index contributed by atoms with van der Waals surface area (Å²) >= 11 is 0. The number of benzene rings is 1. The SMILES string of the molecule is Nc1ccc2c(c1)N(C(CO)CCO)C(=O)CO2. The Morgan fingerprint density at radius 2 is 2.22 bits per heavy atom. The highest BCUT2D eigenvalue weighted by molar-refractivity contribution is 5.98. The highest BCUT2D eigenvalue weighted by atomic mass is 16.5. The lowest BCUT2D eigenvalue weighted by Gasteiger charge is -2.34. The first kappa shape index (κ1) is 12.7. The number of nitrogens with zero attached hydrogens (tertiary/aromatic N) is 1. The van der Waals surface area contributed by atoms with Crippen LogP contribution in [0, 0.1) is 0 Å². The zero-order valence-electron chi connectivity index (χ0n) is 9.87. The molecular formula is C12H16N2O4. The zero-order chi connectivity index (χ0) is 13.1. The number of hydrogen-bond donors (Lipinski definition) is 3. The Labute approximate surface area is 105 Å². The molecule has 4 N–H and O–H groups in total. The van der Waals surface area contributed by atoms with Crippen LogP contribution in [-0.4, -0.2) is 42.0 Å². The number of rotatable bonds is 4. The molecule has 1 aromatic rings. The Morgan fingerprint density at radius 1 is 1.44 bits per heavy atom. The fraction of sp³-hybridized carbons (Fsp3) is 0.417. The highest BCUT2D eigenvalue weighted by Crippen LogP contribution is 2.35. The first-order chi connectivity index (χ1) is 8.67. The van der Waals surface area contributed by atoms with Gasteiger partial charge in [-0.1, -0.05) is 0 Å². The molecule has 1 aromatic carbocycles. The van der Waals surface area contributed by atoms with Crippen molar-refractivity contribution in [1.29, 1.82) is 0 Å². The molecule has 1 aliphatic rings. The minimum atomic E-state index is -0.466. The summed E-state index contributed by atoms with van der Waals surface area (Å²) in [4.78, 5) is 13.4. The molecule has 0 spiro atoms. The number of anilines is 2. The predicted molar refractivity (Wildman–Crippen MR) is 66.4 cm³/mol. The van der Waals surface area contributed by atoms with Crippen molar-refractivity contribution in [3.05, 3.63) is 18.2 Å². The summed E-state index contributed by atoms with van der Waals surface area (Å²) in [5.74, 6) is 0.306. The maximum atomic E-state index is 11.9. The maximum absolute atomic E-state index is 11.9. The summed E-state index contributed by atoms with van der Waals surface area (Å²) in [6, 6.07) is 4.54. The van der Waals surface area contributed by atoms with Gasteiger partial charge < -0.3 is 25.6 Å². The number of aliphatic hydroxyl groups is 2. The van der Waals surface area contributed by atoms with Crippen molar-refractivity contribution in [2.45, 2.75) is 12.5 Å². The van der Waals surface area contributed by atoms with Crippen LogP contribution in [0.2, 0.25) is 0 Å². The molecule has 0 aromatic heterocycles. The van der Waals surface area contributed by atoms with Gasteiger partial charge >= 0.3 is 0 Å². The van der Waals surface area contributed by atoms with E-state index in [4.69, 9.17) is 15.6 Å². The third-order valence-electron chi connectivity index (χ3n) is 2.90. The van der Waals surface area contributed by atoms with E-state index in [0.717, 1.165) is 0 Å². The lowest BCUT2D eigenvalue weighted by atomic mass is 10.1. The largest absolute Gasteiger partial charge is 0.482 e. The van der Waals surface area contributed by atoms with Gasteiger partial charge in [-0.15, -0.1) is 0 Å². The number of aliphatic hydroxyl groups excluding tert-OH is 2. The summed E-state index contributed by atoms with van der Waals surface area (Å²) in [6.45, 7) is -0.396. The molecule has 0 radical (unpaired) electrons. The smallest absolute Gasteiger partial charge is 0.265 e. The second kappa shape index (κ2) is 5.24. The van der Waals surface area contributed by atoms with Crippen LogP contribution in [0.1, 0.15) is 6.42 Å². The van der Waals surface area contributed by atoms with E-state index in [0.29, 0.717) is 23.5 Å². The van der Waals surface area contributed by atoms with Crippen molar-refractivity contribution < 1.29 is 19.7 Å². The van der Waals surface area contributed by atoms with Crippen LogP contribution < -0.4 is 15.4 Å². The average Bonchev–Trinajstić information content (AvgIpc) is 2.36. The van der Waals surface area contributed by atoms with Crippen LogP contribution in [0.4, 0.5) is 11.4 Å². The zero-order valence-corrected chi connectivity index (χ0v) is 9.87. The number of hydrogen-bond acceptors (Lipinski definition) is 5. The van der Waals surface area contributed by atoms with Gasteiger partial charge in [-0.25, -0.2) is 0 Å². The Kier molecular flexibility index (Phi) is 3.69. The normalized spacial score (nSPS) is 16.1. The van der Waals surface area contributed by atoms with Gasteiger partial charge in [-0.2, -0.15) is 0 Å². The number of nitrogen functional groups attached to an aromatic ring is 1. The predicted octanol–water partition coefficient (Wildman–Crippen LogP) is -0.263. The van der Waals surface area contributed by atoms with Gasteiger partial charge in [0.15, 0.2) is 6.61 Å². The number of carbonyl (C=O) groups excluding carboxylic acids is 1. The summed E-state index contributed by atoms with van der Waals surface area (Å²) in [6.07, 6.45) is 0.302. The molecule has 2 rings (SSSR count). The van der Waals surface area contributed by atoms with E-state index in [-0.39, 0.29) is 25.7 Å². The molecule has 1 aliphatic heterocycles. The molecule has 6 nitrogen and oxygen atoms in total. The van der Waals surface area contributed by atoms with Crippen LogP contribution in [-0.2, 0) is 4.79 Å². The van der Waals surface area contributed by atoms with Crippen molar-refractivity contribution in [3.63, 3.8) is 0 Å². The summed E-state index contributed by atoms with van der Waals surface area (Å²) in [7, 11) is 0. The maximum Gasteiger partial charge on any atom is 0.265 e. The minimum absolute atomic E-state index is 0.0706. The van der Waals surface area contributed by atoms with E-state index in [1.165, 1.54) is 4.90 Å². The average molecular weight is 252 g/mol. The van der Waals surface area contributed by atoms with Gasteiger partial charge in [0.05, 0.1) is 18.3 Å². The molecule has 0 saturated heterocycles. The van der Waals surface area contributed by atoms with Gasteiger partial charge in [0.1, 0.15) is 5.75 Å². The standard InChI is InChI=1S/C12H16N2O4/c13-8-1-2-11-10(5-8)14(12(17)7-18-11)9(6-16)3-4-15/h1-2,5,9,15-16H,3-4,6-7,13H2. The molecule has 0 aliphatic carbocycles. The lowest BCUT2D eigenvalue weighted by Crippen LogP contribution is -2.47. The van der Waals surface area contributed by atoms with E-state index >= 15 is 0 Å². The molecule has 1 unspecified atom stereocenters. The quantitative estimate of drug-likeness (QED) is 0.641. The fourth-order valence-corrected chi connectivity index (χ4v) is 2.04. The molecular weight excluding hydrogens is 236 g/mol. The van der Waals surface area contributed by atoms with Gasteiger partial charge in [-0.3, -0.25) is 4.79 Å². The first-order valence-electron chi connectivity index (χ1n) is 5.73. The minimum Gasteiger partial charge on any atom is -0.482 e. The number of ether oxygens (including phenoxy) is 1. The molecule has 98 valence electrons. The monoisotopic (exact) mass is 252 g/mol. The Balaban J connectivity index is 2.40. The third kappa shape index (κ3) is 2.25. The number of amides is 1. The van der Waals surface area contributed by atoms with E-state index in [2.05, 4.69) is 0 Å². The number of fused-ring (bicyclic) bond motifs is 1. The Hall–Kier alpha value is -1.79. The molecule has 6 heteroatoms. The third-order valence-corrected chi connectivity index (χ3v) is 2.90. The van der Waals surface area contributed by atoms with E-state index < -0.39 is 6.04 Å². The van der Waals surface area contributed by atoms with Crippen LogP contribution in [0.3, 0.4) is 0 Å². The highest BCUT2D eigenvalue weighted by Gasteiger charge is 2.31. The lowest BCUT2D eigenvalue weighted by molar-refractivity contribution is -0.122. The molecule has 1 amide bonds. The van der Waals surface area contributed by atoms with Crippen molar-refractivity contribution in [2.75, 3.05) is 30.5 Å². The number of carbonyl (C=O) groups is 1. The molecule has 1 heterocycles. The van der Waals surface area contributed by atoms with Gasteiger partial charge in [-0.05, 0) is 24.6 Å². The van der Waals surface area contributed by atoms with Crippen LogP contribution in [0.25, 0.3) is 0 Å². The van der Waals surface area contributed by atoms with Crippen LogP contribution >= 0.6 is 0 Å². The molecule has 1 atom stereocenters. The van der Waals surface area contributed by atoms with Gasteiger partial charge in [0, 0.05) is 12.3 Å². The second-order valence-corrected chi connectivity index (χ2v) is 4.13. The van der Waals surface area contributed by atoms with Crippen molar-refractivity contribution in [1.82, 2.24) is 0 Å². The van der Waals surface area contributed by atoms with Gasteiger partial charge in [0.2, 0.25) is 0 Å². The Bertz CT molecular complexity index is 450. The first-order valence-corrected chi connectivity index (χ1v) is 5.73. The summed E-state index contributed by atoms with van der Waals surface area (Å²) in [5.41, 5.74) is 6.75. The Morgan fingerprint density at radius 3 is 2.89 bits per heavy atom. The van der Waals surface area contributed by atoms with Gasteiger partial charge in [0.25, 0.3) is 5.91 Å². The fourth-order valence-electron chi connectivity index (χ4n) is 2.04. The summed E-state index contributed by atoms with van der Waals surface area (Å²) in [5, 5.41) is 18.3. The molecule has 0 saturated carbocycles. The van der Waals surface area contributed by atoms with Crippen molar-refractivity contribution in [3.8, 4) is 5.75 Å². The summed E-state index contributed by atoms with van der Waals surface area (Å²) < 4.78 is 5.30. The van der Waals surface area contributed by atoms with E-state index in [1.54, 1.807) is 18.2 Å². The molecule has 18 heavy (non-hydrogen) atoms. The van der Waals surface area contributed by atoms with Crippen LogP contribution in [0.5, 0.6) is 5.75 Å². The van der Waals surface area contributed by atoms with Crippen LogP contribution in [0.15, 0.2) is 18.2 Å². The van der Waals surface area contributed by atoms with E-state index in [9.17, 15) is 9.90 Å². The number of nitrogens with two attached hydrogens (primary N) is 1. The topological polar surface area (TPSA) is 96.0 Å². The molecule has 0 fully saturated rings. The van der Waals surface area contributed by atoms with E-state index in [1.807, 2.05) is 0 Å². The molecule has 0 bridgehead atoms. The van der Waals surface area contributed by atoms with Crippen molar-refractivity contribution >= 4 is 17.3 Å². The van der Waals surface area contributed by atoms with Crippen molar-refractivity contribution in [2.24, 2.45) is 0 Å².